The summed E-state index contributed by atoms with van der Waals surface area (Å²) in [5, 5.41) is 2.75. The van der Waals surface area contributed by atoms with Gasteiger partial charge in [-0.1, -0.05) is 13.8 Å². The van der Waals surface area contributed by atoms with Crippen molar-refractivity contribution in [1.29, 1.82) is 0 Å². The number of carbonyl (C=O) groups is 1. The minimum Gasteiger partial charge on any atom is -0.349 e. The number of amides is 1. The Morgan fingerprint density at radius 2 is 1.96 bits per heavy atom. The molecule has 0 aliphatic carbocycles. The average molecular weight is 342 g/mol. The van der Waals surface area contributed by atoms with Gasteiger partial charge < -0.3 is 10.2 Å². The Balaban J connectivity index is 2.24. The Labute approximate surface area is 138 Å². The first-order chi connectivity index (χ1) is 11.3. The molecule has 0 atom stereocenters. The number of likely N-dealkylation sites (N-methyl/N-ethyl adjacent to an activating group) is 1. The molecular formula is C16H21F3N4O. The maximum absolute atomic E-state index is 12.9. The third-order valence-electron chi connectivity index (χ3n) is 3.94. The topological polar surface area (TPSA) is 49.6 Å². The number of fused-ring (bicyclic) bond motifs is 1. The smallest absolute Gasteiger partial charge is 0.349 e. The predicted octanol–water partition coefficient (Wildman–Crippen LogP) is 2.73. The first kappa shape index (κ1) is 18.3. The van der Waals surface area contributed by atoms with E-state index in [1.54, 1.807) is 6.92 Å². The lowest BCUT2D eigenvalue weighted by Crippen LogP contribution is -2.35. The normalized spacial score (nSPS) is 12.1. The number of halogens is 3. The second-order valence-corrected chi connectivity index (χ2v) is 5.47. The van der Waals surface area contributed by atoms with Gasteiger partial charge in [0.05, 0.1) is 11.3 Å². The third kappa shape index (κ3) is 3.87. The van der Waals surface area contributed by atoms with Crippen LogP contribution in [0.25, 0.3) is 5.65 Å². The van der Waals surface area contributed by atoms with Crippen LogP contribution in [0, 0.1) is 6.92 Å². The van der Waals surface area contributed by atoms with Crippen LogP contribution >= 0.6 is 0 Å². The monoisotopic (exact) mass is 342 g/mol. The van der Waals surface area contributed by atoms with E-state index in [9.17, 15) is 18.0 Å². The highest BCUT2D eigenvalue weighted by atomic mass is 19.4. The number of pyridine rings is 1. The van der Waals surface area contributed by atoms with Crippen LogP contribution in [-0.2, 0) is 6.18 Å². The second-order valence-electron chi connectivity index (χ2n) is 5.47. The number of rotatable bonds is 6. The van der Waals surface area contributed by atoms with Crippen molar-refractivity contribution in [2.75, 3.05) is 26.2 Å². The van der Waals surface area contributed by atoms with Gasteiger partial charge in [-0.3, -0.25) is 9.20 Å². The molecule has 0 aliphatic heterocycles. The molecule has 0 aromatic carbocycles. The van der Waals surface area contributed by atoms with Gasteiger partial charge >= 0.3 is 6.18 Å². The lowest BCUT2D eigenvalue weighted by Gasteiger charge is -2.18. The summed E-state index contributed by atoms with van der Waals surface area (Å²) in [6.07, 6.45) is -3.56. The Kier molecular flexibility index (Phi) is 5.48. The molecule has 1 N–H and O–H groups in total. The summed E-state index contributed by atoms with van der Waals surface area (Å²) in [6, 6.07) is 2.23. The molecule has 0 saturated heterocycles. The van der Waals surface area contributed by atoms with E-state index in [2.05, 4.69) is 15.2 Å². The van der Waals surface area contributed by atoms with Gasteiger partial charge in [0.15, 0.2) is 0 Å². The van der Waals surface area contributed by atoms with Gasteiger partial charge in [0, 0.05) is 19.3 Å². The maximum Gasteiger partial charge on any atom is 0.417 e. The van der Waals surface area contributed by atoms with Crippen molar-refractivity contribution in [3.8, 4) is 0 Å². The van der Waals surface area contributed by atoms with Crippen molar-refractivity contribution in [3.63, 3.8) is 0 Å². The molecule has 24 heavy (non-hydrogen) atoms. The SMILES string of the molecule is CCN(CC)CCNC(=O)c1c(C)nc2ccc(C(F)(F)F)cn12. The van der Waals surface area contributed by atoms with Gasteiger partial charge in [-0.05, 0) is 32.1 Å². The second kappa shape index (κ2) is 7.21. The zero-order chi connectivity index (χ0) is 17.9. The largest absolute Gasteiger partial charge is 0.417 e. The van der Waals surface area contributed by atoms with E-state index >= 15 is 0 Å². The van der Waals surface area contributed by atoms with Crippen LogP contribution in [0.3, 0.4) is 0 Å². The van der Waals surface area contributed by atoms with E-state index in [4.69, 9.17) is 0 Å². The highest BCUT2D eigenvalue weighted by Crippen LogP contribution is 2.29. The summed E-state index contributed by atoms with van der Waals surface area (Å²) in [4.78, 5) is 18.7. The minimum absolute atomic E-state index is 0.135. The number of imidazole rings is 1. The molecule has 5 nitrogen and oxygen atoms in total. The van der Waals surface area contributed by atoms with Crippen molar-refractivity contribution in [3.05, 3.63) is 35.3 Å². The van der Waals surface area contributed by atoms with Crippen LogP contribution < -0.4 is 5.32 Å². The molecule has 0 bridgehead atoms. The highest BCUT2D eigenvalue weighted by molar-refractivity contribution is 5.94. The lowest BCUT2D eigenvalue weighted by atomic mass is 10.2. The van der Waals surface area contributed by atoms with Gasteiger partial charge in [-0.15, -0.1) is 0 Å². The minimum atomic E-state index is -4.47. The van der Waals surface area contributed by atoms with Crippen LogP contribution in [0.1, 0.15) is 35.6 Å². The van der Waals surface area contributed by atoms with Crippen LogP contribution in [-0.4, -0.2) is 46.4 Å². The Hall–Kier alpha value is -2.09. The molecular weight excluding hydrogens is 321 g/mol. The maximum atomic E-state index is 12.9. The zero-order valence-electron chi connectivity index (χ0n) is 13.9. The number of hydrogen-bond donors (Lipinski definition) is 1. The number of alkyl halides is 3. The first-order valence-corrected chi connectivity index (χ1v) is 7.84. The summed E-state index contributed by atoms with van der Waals surface area (Å²) in [6.45, 7) is 8.51. The molecule has 0 unspecified atom stereocenters. The number of hydrogen-bond acceptors (Lipinski definition) is 3. The molecule has 132 valence electrons. The standard InChI is InChI=1S/C16H21F3N4O/c1-4-22(5-2)9-8-20-15(24)14-11(3)21-13-7-6-12(10-23(13)14)16(17,18)19/h6-7,10H,4-5,8-9H2,1-3H3,(H,20,24). The van der Waals surface area contributed by atoms with E-state index in [1.165, 1.54) is 10.5 Å². The number of nitrogens with one attached hydrogen (secondary N) is 1. The van der Waals surface area contributed by atoms with Gasteiger partial charge in [-0.25, -0.2) is 4.98 Å². The molecule has 0 saturated carbocycles. The fourth-order valence-corrected chi connectivity index (χ4v) is 2.55. The van der Waals surface area contributed by atoms with E-state index in [1.807, 2.05) is 13.8 Å². The summed E-state index contributed by atoms with van der Waals surface area (Å²) >= 11 is 0. The number of aromatic nitrogens is 2. The van der Waals surface area contributed by atoms with Crippen LogP contribution in [0.4, 0.5) is 13.2 Å². The van der Waals surface area contributed by atoms with E-state index in [0.29, 0.717) is 24.4 Å². The quantitative estimate of drug-likeness (QED) is 0.878. The van der Waals surface area contributed by atoms with Gasteiger partial charge in [0.25, 0.3) is 5.91 Å². The average Bonchev–Trinajstić information content (AvgIpc) is 2.85. The molecule has 0 radical (unpaired) electrons. The Morgan fingerprint density at radius 3 is 2.54 bits per heavy atom. The highest BCUT2D eigenvalue weighted by Gasteiger charge is 2.31. The number of nitrogens with zero attached hydrogens (tertiary/aromatic N) is 3. The Bertz CT molecular complexity index is 720. The van der Waals surface area contributed by atoms with Crippen molar-refractivity contribution >= 4 is 11.6 Å². The molecule has 2 rings (SSSR count). The van der Waals surface area contributed by atoms with Gasteiger partial charge in [-0.2, -0.15) is 13.2 Å². The fourth-order valence-electron chi connectivity index (χ4n) is 2.55. The van der Waals surface area contributed by atoms with Crippen LogP contribution in [0.15, 0.2) is 18.3 Å². The van der Waals surface area contributed by atoms with Crippen molar-refractivity contribution in [2.24, 2.45) is 0 Å². The zero-order valence-corrected chi connectivity index (χ0v) is 13.9. The molecule has 0 aliphatic rings. The summed E-state index contributed by atoms with van der Waals surface area (Å²) in [5.74, 6) is -0.425. The molecule has 2 aromatic rings. The molecule has 0 spiro atoms. The summed E-state index contributed by atoms with van der Waals surface area (Å²) in [7, 11) is 0. The first-order valence-electron chi connectivity index (χ1n) is 7.84. The summed E-state index contributed by atoms with van der Waals surface area (Å²) < 4.78 is 39.9. The third-order valence-corrected chi connectivity index (χ3v) is 3.94. The van der Waals surface area contributed by atoms with E-state index in [-0.39, 0.29) is 5.69 Å². The van der Waals surface area contributed by atoms with E-state index in [0.717, 1.165) is 25.4 Å². The van der Waals surface area contributed by atoms with Gasteiger partial charge in [0.2, 0.25) is 0 Å². The fraction of sp³-hybridized carbons (Fsp3) is 0.500. The predicted molar refractivity (Wildman–Crippen MR) is 85.1 cm³/mol. The van der Waals surface area contributed by atoms with Crippen molar-refractivity contribution in [1.82, 2.24) is 19.6 Å². The number of carbonyl (C=O) groups excluding carboxylic acids is 1. The van der Waals surface area contributed by atoms with Crippen LogP contribution in [0.5, 0.6) is 0 Å². The molecule has 0 fully saturated rings. The molecule has 2 heterocycles. The number of aryl methyl sites for hydroxylation is 1. The van der Waals surface area contributed by atoms with Crippen molar-refractivity contribution in [2.45, 2.75) is 26.9 Å². The van der Waals surface area contributed by atoms with E-state index < -0.39 is 17.6 Å². The van der Waals surface area contributed by atoms with Gasteiger partial charge in [0.1, 0.15) is 11.3 Å². The van der Waals surface area contributed by atoms with Crippen molar-refractivity contribution < 1.29 is 18.0 Å². The Morgan fingerprint density at radius 1 is 1.29 bits per heavy atom. The molecule has 2 aromatic heterocycles. The summed E-state index contributed by atoms with van der Waals surface area (Å²) in [5.41, 5.74) is 0.0318. The van der Waals surface area contributed by atoms with Crippen LogP contribution in [0.2, 0.25) is 0 Å². The molecule has 1 amide bonds. The lowest BCUT2D eigenvalue weighted by molar-refractivity contribution is -0.137. The molecule has 8 heteroatoms.